The monoisotopic (exact) mass is 823 g/mol. The maximum absolute atomic E-state index is 13.6. The zero-order valence-electron chi connectivity index (χ0n) is 38.0. The van der Waals surface area contributed by atoms with Crippen molar-refractivity contribution in [3.63, 3.8) is 0 Å². The summed E-state index contributed by atoms with van der Waals surface area (Å²) >= 11 is 1.33. The van der Waals surface area contributed by atoms with Crippen molar-refractivity contribution in [2.45, 2.75) is 191 Å². The van der Waals surface area contributed by atoms with Crippen LogP contribution in [0.1, 0.15) is 160 Å². The standard InChI is InChI=1S/C23H43N5O4S.C13H21NO2.C6H12.C2H6/c1-9-18-11-10-12-28(17(4)32-26-15(2)13-18)22(31)20(23(5,6)7)25-19(29)14-24-21(30)16(3)27-33-8;1-4-6-8-12(7-5-2)11(3)14-13(16)9-10-15;1-2-4-6-5-3-1;1-2/h9,15-17,20,26-27H,10-14H2,1-8H3,(H,24,30)(H,25,29);6-8,10-11H,4-5,9H2,1-3H3,(H,14,16);1-6H2;1-2H3/b18-9-;8-6-,12-7+;;/t15?,16-,17?,20?;;;/m1.../s1. The highest BCUT2D eigenvalue weighted by Gasteiger charge is 2.37. The number of allylic oxidation sites excluding steroid dienone is 3. The normalized spacial score (nSPS) is 20.1. The van der Waals surface area contributed by atoms with Gasteiger partial charge in [-0.25, -0.2) is 0 Å². The van der Waals surface area contributed by atoms with Crippen molar-refractivity contribution in [3.8, 4) is 0 Å². The van der Waals surface area contributed by atoms with Crippen molar-refractivity contribution >= 4 is 41.9 Å². The summed E-state index contributed by atoms with van der Waals surface area (Å²) in [6.07, 6.45) is 23.7. The highest BCUT2D eigenvalue weighted by atomic mass is 32.2. The van der Waals surface area contributed by atoms with Crippen LogP contribution in [0.5, 0.6) is 0 Å². The van der Waals surface area contributed by atoms with Crippen molar-refractivity contribution in [1.29, 1.82) is 0 Å². The molecule has 13 heteroatoms. The lowest BCUT2D eigenvalue weighted by atomic mass is 9.85. The molecule has 0 radical (unpaired) electrons. The van der Waals surface area contributed by atoms with Crippen LogP contribution in [-0.4, -0.2) is 84.6 Å². The number of hydrogen-bond donors (Lipinski definition) is 5. The Kier molecular flexibility index (Phi) is 33.4. The highest BCUT2D eigenvalue weighted by Crippen LogP contribution is 2.24. The first-order valence-electron chi connectivity index (χ1n) is 21.4. The summed E-state index contributed by atoms with van der Waals surface area (Å²) in [6.45, 7) is 23.7. The quantitative estimate of drug-likeness (QED) is 0.0387. The first-order valence-corrected chi connectivity index (χ1v) is 22.6. The third-order valence-corrected chi connectivity index (χ3v) is 9.79. The van der Waals surface area contributed by atoms with Crippen LogP contribution >= 0.6 is 11.9 Å². The van der Waals surface area contributed by atoms with Crippen molar-refractivity contribution in [2.75, 3.05) is 19.3 Å². The van der Waals surface area contributed by atoms with Gasteiger partial charge in [-0.2, -0.15) is 5.48 Å². The predicted octanol–water partition coefficient (Wildman–Crippen LogP) is 7.85. The lowest BCUT2D eigenvalue weighted by Crippen LogP contribution is -2.59. The van der Waals surface area contributed by atoms with Gasteiger partial charge in [-0.15, -0.1) is 0 Å². The summed E-state index contributed by atoms with van der Waals surface area (Å²) in [5.41, 5.74) is 4.92. The third kappa shape index (κ3) is 26.6. The molecule has 12 nitrogen and oxygen atoms in total. The van der Waals surface area contributed by atoms with Crippen LogP contribution in [0.4, 0.5) is 0 Å². The molecule has 4 unspecified atom stereocenters. The van der Waals surface area contributed by atoms with Crippen LogP contribution in [0.3, 0.4) is 0 Å². The van der Waals surface area contributed by atoms with Crippen molar-refractivity contribution in [3.05, 3.63) is 35.5 Å². The molecule has 5 atom stereocenters. The van der Waals surface area contributed by atoms with Gasteiger partial charge < -0.3 is 25.6 Å². The molecule has 0 aromatic carbocycles. The molecule has 4 amide bonds. The zero-order valence-corrected chi connectivity index (χ0v) is 38.8. The minimum Gasteiger partial charge on any atom is -0.349 e. The summed E-state index contributed by atoms with van der Waals surface area (Å²) in [5.74, 6) is -1.12. The van der Waals surface area contributed by atoms with E-state index >= 15 is 0 Å². The van der Waals surface area contributed by atoms with Crippen LogP contribution in [0.2, 0.25) is 0 Å². The Labute approximate surface area is 351 Å². The lowest BCUT2D eigenvalue weighted by Gasteiger charge is -2.38. The van der Waals surface area contributed by atoms with Gasteiger partial charge in [-0.05, 0) is 84.0 Å². The van der Waals surface area contributed by atoms with Gasteiger partial charge in [0.1, 0.15) is 18.6 Å². The molecule has 57 heavy (non-hydrogen) atoms. The fraction of sp³-hybridized carbons (Fsp3) is 0.750. The van der Waals surface area contributed by atoms with E-state index in [4.69, 9.17) is 4.84 Å². The van der Waals surface area contributed by atoms with Crippen LogP contribution in [-0.2, 0) is 28.8 Å². The van der Waals surface area contributed by atoms with Gasteiger partial charge in [0.2, 0.25) is 23.6 Å². The largest absolute Gasteiger partial charge is 0.349 e. The van der Waals surface area contributed by atoms with Crippen LogP contribution in [0.15, 0.2) is 35.5 Å². The Morgan fingerprint density at radius 3 is 2.02 bits per heavy atom. The molecule has 2 fully saturated rings. The van der Waals surface area contributed by atoms with E-state index in [2.05, 4.69) is 58.2 Å². The molecule has 0 aromatic heterocycles. The fourth-order valence-corrected chi connectivity index (χ4v) is 6.46. The molecule has 1 aliphatic carbocycles. The van der Waals surface area contributed by atoms with Crippen LogP contribution in [0.25, 0.3) is 0 Å². The molecular weight excluding hydrogens is 741 g/mol. The smallest absolute Gasteiger partial charge is 0.247 e. The molecule has 5 N–H and O–H groups in total. The molecule has 1 saturated heterocycles. The molecular formula is C44H82N6O6S. The molecule has 1 heterocycles. The minimum atomic E-state index is -0.767. The van der Waals surface area contributed by atoms with E-state index in [1.807, 2.05) is 74.6 Å². The number of amides is 4. The van der Waals surface area contributed by atoms with Gasteiger partial charge in [-0.3, -0.25) is 28.7 Å². The lowest BCUT2D eigenvalue weighted by molar-refractivity contribution is -0.161. The SMILES string of the molecule is C/C=C1/CCCN(C(=O)C(NC(=O)CNC(=O)[C@@H](C)NSC)C(C)(C)C)C(C)ONC(C)C1.C1CCCCC1.CC.CC/C=C\C(=C/CC)C(C)NC(=O)CC=O. The average molecular weight is 823 g/mol. The Bertz CT molecular complexity index is 1220. The topological polar surface area (TPSA) is 158 Å². The summed E-state index contributed by atoms with van der Waals surface area (Å²) in [6, 6.07) is -1.12. The molecule has 0 spiro atoms. The average Bonchev–Trinajstić information content (AvgIpc) is 3.19. The molecule has 2 aliphatic rings. The first kappa shape index (κ1) is 56.1. The van der Waals surface area contributed by atoms with Gasteiger partial charge in [0.05, 0.1) is 25.0 Å². The third-order valence-electron chi connectivity index (χ3n) is 9.20. The number of nitrogens with one attached hydrogen (secondary N) is 5. The maximum atomic E-state index is 13.6. The van der Waals surface area contributed by atoms with E-state index in [0.29, 0.717) is 12.8 Å². The fourth-order valence-electron chi connectivity index (χ4n) is 6.00. The number of carbonyl (C=O) groups is 5. The van der Waals surface area contributed by atoms with Gasteiger partial charge in [0.25, 0.3) is 0 Å². The Balaban J connectivity index is 0. The second kappa shape index (κ2) is 33.9. The zero-order chi connectivity index (χ0) is 43.8. The summed E-state index contributed by atoms with van der Waals surface area (Å²) < 4.78 is 2.92. The number of hydrogen-bond acceptors (Lipinski definition) is 9. The molecule has 1 aliphatic heterocycles. The summed E-state index contributed by atoms with van der Waals surface area (Å²) in [5, 5.41) is 8.23. The van der Waals surface area contributed by atoms with Crippen molar-refractivity contribution < 1.29 is 28.8 Å². The second-order valence-electron chi connectivity index (χ2n) is 15.4. The van der Waals surface area contributed by atoms with Gasteiger partial charge in [0.15, 0.2) is 0 Å². The molecule has 330 valence electrons. The summed E-state index contributed by atoms with van der Waals surface area (Å²) in [7, 11) is 0. The Hall–Kier alpha value is -3.00. The maximum Gasteiger partial charge on any atom is 0.247 e. The number of hydroxylamine groups is 1. The van der Waals surface area contributed by atoms with Gasteiger partial charge in [-0.1, -0.05) is 129 Å². The van der Waals surface area contributed by atoms with E-state index in [-0.39, 0.29) is 42.8 Å². The van der Waals surface area contributed by atoms with E-state index in [9.17, 15) is 24.0 Å². The van der Waals surface area contributed by atoms with Gasteiger partial charge in [0, 0.05) is 12.6 Å². The molecule has 2 rings (SSSR count). The van der Waals surface area contributed by atoms with Crippen molar-refractivity contribution in [2.24, 2.45) is 5.41 Å². The molecule has 1 saturated carbocycles. The van der Waals surface area contributed by atoms with Crippen LogP contribution < -0.4 is 26.2 Å². The number of rotatable bonds is 14. The van der Waals surface area contributed by atoms with E-state index in [1.165, 1.54) is 56.0 Å². The van der Waals surface area contributed by atoms with Gasteiger partial charge >= 0.3 is 0 Å². The van der Waals surface area contributed by atoms with E-state index in [1.54, 1.807) is 11.8 Å². The number of carbonyl (C=O) groups excluding carboxylic acids is 5. The molecule has 0 aromatic rings. The first-order chi connectivity index (χ1) is 27.0. The van der Waals surface area contributed by atoms with E-state index < -0.39 is 29.6 Å². The predicted molar refractivity (Wildman–Crippen MR) is 238 cm³/mol. The van der Waals surface area contributed by atoms with Crippen molar-refractivity contribution in [1.82, 2.24) is 31.1 Å². The minimum absolute atomic E-state index is 0.0461. The Morgan fingerprint density at radius 1 is 0.930 bits per heavy atom. The number of nitrogens with zero attached hydrogens (tertiary/aromatic N) is 1. The Morgan fingerprint density at radius 2 is 1.53 bits per heavy atom. The van der Waals surface area contributed by atoms with E-state index in [0.717, 1.165) is 37.7 Å². The highest BCUT2D eigenvalue weighted by molar-refractivity contribution is 7.96. The van der Waals surface area contributed by atoms with Crippen LogP contribution in [0, 0.1) is 5.41 Å². The second-order valence-corrected chi connectivity index (χ2v) is 16.0. The summed E-state index contributed by atoms with van der Waals surface area (Å²) in [4.78, 5) is 67.2. The molecule has 0 bridgehead atoms. The number of aldehydes is 1.